The van der Waals surface area contributed by atoms with E-state index in [1.54, 1.807) is 0 Å². The second-order valence-electron chi connectivity index (χ2n) is 19.1. The van der Waals surface area contributed by atoms with E-state index in [0.717, 1.165) is 23.0 Å². The molecular weight excluding hydrogens is 801 g/mol. The van der Waals surface area contributed by atoms with Gasteiger partial charge in [0.1, 0.15) is 23.0 Å². The SMILES string of the molecule is CC1(C)c2ccccc2Oc2cccc(-c3cccc4c(-c5c6ccccc6c(-c6ccccc6)c6ccccc56)c5cccc(-c6cccc7c6C(C)(C)c6ccccc6O7)c5cc34)c21. The highest BCUT2D eigenvalue weighted by molar-refractivity contribution is 6.29. The van der Waals surface area contributed by atoms with Gasteiger partial charge in [0.15, 0.2) is 0 Å². The highest BCUT2D eigenvalue weighted by Crippen LogP contribution is 2.56. The average Bonchev–Trinajstić information content (AvgIpc) is 3.34. The largest absolute Gasteiger partial charge is 0.457 e. The van der Waals surface area contributed by atoms with Crippen LogP contribution in [-0.2, 0) is 10.8 Å². The van der Waals surface area contributed by atoms with Gasteiger partial charge in [0.2, 0.25) is 0 Å². The van der Waals surface area contributed by atoms with E-state index in [4.69, 9.17) is 9.47 Å². The molecule has 13 rings (SSSR count). The number of hydrogen-bond donors (Lipinski definition) is 0. The molecule has 2 aliphatic heterocycles. The maximum Gasteiger partial charge on any atom is 0.132 e. The van der Waals surface area contributed by atoms with Crippen molar-refractivity contribution in [1.82, 2.24) is 0 Å². The van der Waals surface area contributed by atoms with E-state index in [1.807, 2.05) is 0 Å². The van der Waals surface area contributed by atoms with Crippen LogP contribution in [0.15, 0.2) is 206 Å². The molecule has 0 aromatic heterocycles. The van der Waals surface area contributed by atoms with Crippen molar-refractivity contribution in [3.8, 4) is 67.5 Å². The molecule has 2 heteroatoms. The summed E-state index contributed by atoms with van der Waals surface area (Å²) in [6, 6.07) is 75.4. The van der Waals surface area contributed by atoms with E-state index >= 15 is 0 Å². The Morgan fingerprint density at radius 2 is 0.606 bits per heavy atom. The fourth-order valence-electron chi connectivity index (χ4n) is 11.8. The van der Waals surface area contributed by atoms with Gasteiger partial charge in [-0.05, 0) is 118 Å². The normalized spacial score (nSPS) is 14.2. The van der Waals surface area contributed by atoms with Gasteiger partial charge in [-0.2, -0.15) is 0 Å². The predicted octanol–water partition coefficient (Wildman–Crippen LogP) is 17.8. The first-order valence-electron chi connectivity index (χ1n) is 23.1. The zero-order valence-electron chi connectivity index (χ0n) is 37.4. The topological polar surface area (TPSA) is 18.5 Å². The second kappa shape index (κ2) is 14.3. The fraction of sp³-hybridized carbons (Fsp3) is 0.0938. The van der Waals surface area contributed by atoms with Gasteiger partial charge in [-0.3, -0.25) is 0 Å². The van der Waals surface area contributed by atoms with Gasteiger partial charge in [-0.15, -0.1) is 0 Å². The van der Waals surface area contributed by atoms with Gasteiger partial charge in [-0.25, -0.2) is 0 Å². The molecule has 0 atom stereocenters. The Balaban J connectivity index is 1.19. The number of ether oxygens (including phenoxy) is 2. The summed E-state index contributed by atoms with van der Waals surface area (Å²) < 4.78 is 13.5. The zero-order chi connectivity index (χ0) is 44.3. The van der Waals surface area contributed by atoms with Crippen molar-refractivity contribution in [2.24, 2.45) is 0 Å². The molecule has 314 valence electrons. The summed E-state index contributed by atoms with van der Waals surface area (Å²) in [5.41, 5.74) is 13.8. The Bertz CT molecular complexity index is 3590. The summed E-state index contributed by atoms with van der Waals surface area (Å²) in [6.45, 7) is 9.36. The van der Waals surface area contributed by atoms with Crippen LogP contribution in [0.3, 0.4) is 0 Å². The lowest BCUT2D eigenvalue weighted by Gasteiger charge is -2.36. The van der Waals surface area contributed by atoms with Crippen LogP contribution in [0, 0.1) is 0 Å². The Kier molecular flexibility index (Phi) is 8.33. The molecule has 0 unspecified atom stereocenters. The van der Waals surface area contributed by atoms with Crippen molar-refractivity contribution in [1.29, 1.82) is 0 Å². The fourth-order valence-corrected chi connectivity index (χ4v) is 11.8. The molecule has 2 nitrogen and oxygen atoms in total. The Labute approximate surface area is 385 Å². The van der Waals surface area contributed by atoms with Crippen LogP contribution in [0.25, 0.3) is 87.6 Å². The molecule has 2 heterocycles. The molecule has 0 saturated carbocycles. The van der Waals surface area contributed by atoms with Gasteiger partial charge >= 0.3 is 0 Å². The van der Waals surface area contributed by atoms with Gasteiger partial charge in [-0.1, -0.05) is 204 Å². The van der Waals surface area contributed by atoms with Crippen molar-refractivity contribution < 1.29 is 9.47 Å². The minimum absolute atomic E-state index is 0.321. The van der Waals surface area contributed by atoms with Crippen molar-refractivity contribution in [3.05, 3.63) is 229 Å². The summed E-state index contributed by atoms with van der Waals surface area (Å²) >= 11 is 0. The van der Waals surface area contributed by atoms with Crippen molar-refractivity contribution in [2.45, 2.75) is 38.5 Å². The second-order valence-corrected chi connectivity index (χ2v) is 19.1. The van der Waals surface area contributed by atoms with Crippen LogP contribution in [-0.4, -0.2) is 0 Å². The first-order valence-corrected chi connectivity index (χ1v) is 23.1. The number of hydrogen-bond acceptors (Lipinski definition) is 2. The van der Waals surface area contributed by atoms with Crippen molar-refractivity contribution in [2.75, 3.05) is 0 Å². The molecule has 11 aromatic rings. The van der Waals surface area contributed by atoms with E-state index in [2.05, 4.69) is 234 Å². The molecule has 0 radical (unpaired) electrons. The highest BCUT2D eigenvalue weighted by atomic mass is 16.5. The van der Waals surface area contributed by atoms with E-state index in [9.17, 15) is 0 Å². The van der Waals surface area contributed by atoms with E-state index in [0.29, 0.717) is 0 Å². The number of rotatable bonds is 4. The molecule has 0 amide bonds. The standard InChI is InChI=1S/C64H46O2/c1-63(2)52-32-12-14-34-54(52)65-56-36-18-30-48(61(56)63)40-26-16-28-46-50(40)38-51-41(49-31-19-37-57-62(49)64(3,4)53-33-13-15-35-55(53)66-57)27-17-29-47(51)60(46)59-44-24-10-8-22-42(44)58(39-20-6-5-7-21-39)43-23-9-11-25-45(43)59/h5-38H,1-4H3. The molecule has 0 fully saturated rings. The maximum atomic E-state index is 6.76. The lowest BCUT2D eigenvalue weighted by atomic mass is 9.72. The molecular formula is C64H46O2. The smallest absolute Gasteiger partial charge is 0.132 e. The van der Waals surface area contributed by atoms with Crippen LogP contribution in [0.1, 0.15) is 49.9 Å². The number of para-hydroxylation sites is 2. The molecule has 0 aliphatic carbocycles. The number of fused-ring (bicyclic) bond motifs is 8. The lowest BCUT2D eigenvalue weighted by molar-refractivity contribution is 0.418. The Morgan fingerprint density at radius 3 is 1.08 bits per heavy atom. The third kappa shape index (κ3) is 5.48. The third-order valence-corrected chi connectivity index (χ3v) is 14.7. The van der Waals surface area contributed by atoms with Crippen LogP contribution in [0.5, 0.6) is 23.0 Å². The summed E-state index contributed by atoms with van der Waals surface area (Å²) in [5, 5.41) is 9.74. The van der Waals surface area contributed by atoms with Crippen molar-refractivity contribution in [3.63, 3.8) is 0 Å². The van der Waals surface area contributed by atoms with E-state index in [1.165, 1.54) is 110 Å². The Hall–Kier alpha value is -7.94. The molecule has 11 aromatic carbocycles. The minimum Gasteiger partial charge on any atom is -0.457 e. The minimum atomic E-state index is -0.321. The summed E-state index contributed by atoms with van der Waals surface area (Å²) in [4.78, 5) is 0. The average molecular weight is 847 g/mol. The zero-order valence-corrected chi connectivity index (χ0v) is 37.4. The van der Waals surface area contributed by atoms with Gasteiger partial charge in [0.05, 0.1) is 0 Å². The number of benzene rings is 11. The Morgan fingerprint density at radius 1 is 0.273 bits per heavy atom. The van der Waals surface area contributed by atoms with E-state index < -0.39 is 0 Å². The van der Waals surface area contributed by atoms with Crippen LogP contribution >= 0.6 is 0 Å². The lowest BCUT2D eigenvalue weighted by Crippen LogP contribution is -2.25. The molecule has 2 aliphatic rings. The van der Waals surface area contributed by atoms with Crippen LogP contribution < -0.4 is 9.47 Å². The monoisotopic (exact) mass is 846 g/mol. The quantitative estimate of drug-likeness (QED) is 0.164. The molecule has 0 saturated heterocycles. The van der Waals surface area contributed by atoms with Gasteiger partial charge in [0, 0.05) is 33.1 Å². The molecule has 0 N–H and O–H groups in total. The maximum absolute atomic E-state index is 6.76. The summed E-state index contributed by atoms with van der Waals surface area (Å²) in [5.74, 6) is 3.64. The van der Waals surface area contributed by atoms with Crippen LogP contribution in [0.4, 0.5) is 0 Å². The molecule has 0 spiro atoms. The summed E-state index contributed by atoms with van der Waals surface area (Å²) in [6.07, 6.45) is 0. The predicted molar refractivity (Wildman–Crippen MR) is 275 cm³/mol. The van der Waals surface area contributed by atoms with Gasteiger partial charge < -0.3 is 9.47 Å². The first-order chi connectivity index (χ1) is 32.3. The highest BCUT2D eigenvalue weighted by Gasteiger charge is 2.38. The van der Waals surface area contributed by atoms with Crippen molar-refractivity contribution >= 4 is 43.1 Å². The molecule has 66 heavy (non-hydrogen) atoms. The van der Waals surface area contributed by atoms with Gasteiger partial charge in [0.25, 0.3) is 0 Å². The molecule has 0 bridgehead atoms. The summed E-state index contributed by atoms with van der Waals surface area (Å²) in [7, 11) is 0. The first kappa shape index (κ1) is 38.5. The van der Waals surface area contributed by atoms with Crippen LogP contribution in [0.2, 0.25) is 0 Å². The van der Waals surface area contributed by atoms with E-state index in [-0.39, 0.29) is 10.8 Å². The third-order valence-electron chi connectivity index (χ3n) is 14.7.